The molecule has 1 fully saturated rings. The molecule has 0 aliphatic carbocycles. The standard InChI is InChI=1S/C18H28N4O3/c1-25-15-9-20-18(24)17(23)19-8-5-10-21-11-13-22(14-12-21)16-6-3-2-4-7-16/h2-4,6-7H,5,8-15H2,1H3,(H,19,23)(H,20,24). The molecule has 0 atom stereocenters. The molecule has 0 aromatic heterocycles. The SMILES string of the molecule is COCCNC(=O)C(=O)NCCCN1CCN(c2ccccc2)CC1. The van der Waals surface area contributed by atoms with E-state index in [0.29, 0.717) is 19.7 Å². The van der Waals surface area contributed by atoms with Crippen LogP contribution in [0.25, 0.3) is 0 Å². The molecule has 138 valence electrons. The highest BCUT2D eigenvalue weighted by atomic mass is 16.5. The van der Waals surface area contributed by atoms with E-state index in [4.69, 9.17) is 4.74 Å². The van der Waals surface area contributed by atoms with E-state index >= 15 is 0 Å². The Labute approximate surface area is 149 Å². The van der Waals surface area contributed by atoms with Crippen molar-refractivity contribution >= 4 is 17.5 Å². The van der Waals surface area contributed by atoms with Crippen molar-refractivity contribution in [3.8, 4) is 0 Å². The van der Waals surface area contributed by atoms with E-state index in [1.165, 1.54) is 5.69 Å². The highest BCUT2D eigenvalue weighted by Gasteiger charge is 2.17. The lowest BCUT2D eigenvalue weighted by molar-refractivity contribution is -0.139. The largest absolute Gasteiger partial charge is 0.383 e. The predicted octanol–water partition coefficient (Wildman–Crippen LogP) is 0.0775. The molecule has 25 heavy (non-hydrogen) atoms. The van der Waals surface area contributed by atoms with E-state index in [1.54, 1.807) is 7.11 Å². The molecule has 2 amide bonds. The second-order valence-electron chi connectivity index (χ2n) is 6.02. The fourth-order valence-corrected chi connectivity index (χ4v) is 2.80. The van der Waals surface area contributed by atoms with Crippen LogP contribution >= 0.6 is 0 Å². The molecule has 7 heteroatoms. The predicted molar refractivity (Wildman–Crippen MR) is 97.6 cm³/mol. The quantitative estimate of drug-likeness (QED) is 0.514. The summed E-state index contributed by atoms with van der Waals surface area (Å²) in [5, 5.41) is 5.16. The molecule has 0 saturated carbocycles. The molecule has 7 nitrogen and oxygen atoms in total. The minimum Gasteiger partial charge on any atom is -0.383 e. The summed E-state index contributed by atoms with van der Waals surface area (Å²) in [6.07, 6.45) is 0.836. The Morgan fingerprint density at radius 1 is 1.00 bits per heavy atom. The Hall–Kier alpha value is -2.12. The molecule has 0 radical (unpaired) electrons. The maximum atomic E-state index is 11.6. The van der Waals surface area contributed by atoms with Gasteiger partial charge in [-0.1, -0.05) is 18.2 Å². The van der Waals surface area contributed by atoms with Crippen LogP contribution in [0.4, 0.5) is 5.69 Å². The molecule has 0 spiro atoms. The molecule has 1 aromatic carbocycles. The summed E-state index contributed by atoms with van der Waals surface area (Å²) in [6, 6.07) is 10.4. The van der Waals surface area contributed by atoms with Crippen LogP contribution in [0.1, 0.15) is 6.42 Å². The van der Waals surface area contributed by atoms with E-state index < -0.39 is 11.8 Å². The normalized spacial score (nSPS) is 15.0. The zero-order chi connectivity index (χ0) is 17.9. The first-order valence-corrected chi connectivity index (χ1v) is 8.78. The third kappa shape index (κ3) is 6.72. The number of rotatable bonds is 8. The van der Waals surface area contributed by atoms with Crippen LogP contribution < -0.4 is 15.5 Å². The van der Waals surface area contributed by atoms with Gasteiger partial charge in [0.2, 0.25) is 0 Å². The van der Waals surface area contributed by atoms with Crippen molar-refractivity contribution in [2.24, 2.45) is 0 Å². The van der Waals surface area contributed by atoms with Gasteiger partial charge in [-0.2, -0.15) is 0 Å². The Bertz CT molecular complexity index is 530. The fourth-order valence-electron chi connectivity index (χ4n) is 2.80. The van der Waals surface area contributed by atoms with Crippen LogP contribution in [0.15, 0.2) is 30.3 Å². The number of carbonyl (C=O) groups excluding carboxylic acids is 2. The van der Waals surface area contributed by atoms with Crippen molar-refractivity contribution in [2.75, 3.05) is 64.4 Å². The molecular formula is C18H28N4O3. The van der Waals surface area contributed by atoms with Crippen LogP contribution in [0, 0.1) is 0 Å². The lowest BCUT2D eigenvalue weighted by Crippen LogP contribution is -2.47. The number of carbonyl (C=O) groups is 2. The van der Waals surface area contributed by atoms with Gasteiger partial charge in [0.15, 0.2) is 0 Å². The number of piperazine rings is 1. The van der Waals surface area contributed by atoms with Gasteiger partial charge in [-0.05, 0) is 25.1 Å². The van der Waals surface area contributed by atoms with Gasteiger partial charge >= 0.3 is 11.8 Å². The average molecular weight is 348 g/mol. The first-order valence-electron chi connectivity index (χ1n) is 8.78. The second kappa shape index (κ2) is 10.7. The molecule has 2 rings (SSSR count). The summed E-state index contributed by atoms with van der Waals surface area (Å²) < 4.78 is 4.82. The number of hydrogen-bond donors (Lipinski definition) is 2. The molecule has 0 bridgehead atoms. The van der Waals surface area contributed by atoms with Crippen molar-refractivity contribution in [2.45, 2.75) is 6.42 Å². The van der Waals surface area contributed by atoms with Crippen molar-refractivity contribution in [3.05, 3.63) is 30.3 Å². The van der Waals surface area contributed by atoms with E-state index in [9.17, 15) is 9.59 Å². The molecule has 1 aliphatic rings. The Balaban J connectivity index is 1.56. The topological polar surface area (TPSA) is 73.9 Å². The zero-order valence-electron chi connectivity index (χ0n) is 14.9. The maximum Gasteiger partial charge on any atom is 0.309 e. The van der Waals surface area contributed by atoms with Crippen LogP contribution in [0.5, 0.6) is 0 Å². The number of para-hydroxylation sites is 1. The van der Waals surface area contributed by atoms with E-state index in [-0.39, 0.29) is 0 Å². The highest BCUT2D eigenvalue weighted by molar-refractivity contribution is 6.35. The number of hydrogen-bond acceptors (Lipinski definition) is 5. The van der Waals surface area contributed by atoms with Crippen LogP contribution in [0.3, 0.4) is 0 Å². The monoisotopic (exact) mass is 348 g/mol. The number of nitrogens with zero attached hydrogens (tertiary/aromatic N) is 2. The van der Waals surface area contributed by atoms with Crippen molar-refractivity contribution in [3.63, 3.8) is 0 Å². The van der Waals surface area contributed by atoms with Gasteiger partial charge in [0.25, 0.3) is 0 Å². The van der Waals surface area contributed by atoms with Crippen molar-refractivity contribution in [1.29, 1.82) is 0 Å². The van der Waals surface area contributed by atoms with Gasteiger partial charge in [0.1, 0.15) is 0 Å². The second-order valence-corrected chi connectivity index (χ2v) is 6.02. The Morgan fingerprint density at radius 2 is 1.64 bits per heavy atom. The first kappa shape index (κ1) is 19.2. The summed E-state index contributed by atoms with van der Waals surface area (Å²) in [6.45, 7) is 6.23. The van der Waals surface area contributed by atoms with Gasteiger partial charge in [-0.15, -0.1) is 0 Å². The minimum absolute atomic E-state index is 0.342. The van der Waals surface area contributed by atoms with Gasteiger partial charge in [0, 0.05) is 52.1 Å². The van der Waals surface area contributed by atoms with Gasteiger partial charge < -0.3 is 20.3 Å². The lowest BCUT2D eigenvalue weighted by atomic mass is 10.2. The molecule has 1 saturated heterocycles. The number of benzene rings is 1. The van der Waals surface area contributed by atoms with E-state index in [1.807, 2.05) is 6.07 Å². The minimum atomic E-state index is -0.603. The summed E-state index contributed by atoms with van der Waals surface area (Å²) in [5.74, 6) is -1.18. The zero-order valence-corrected chi connectivity index (χ0v) is 14.9. The number of ether oxygens (including phenoxy) is 1. The van der Waals surface area contributed by atoms with Crippen LogP contribution in [-0.4, -0.2) is 76.2 Å². The number of anilines is 1. The van der Waals surface area contributed by atoms with Crippen LogP contribution in [-0.2, 0) is 14.3 Å². The molecule has 1 heterocycles. The summed E-state index contributed by atoms with van der Waals surface area (Å²) in [4.78, 5) is 27.9. The first-order chi connectivity index (χ1) is 12.2. The van der Waals surface area contributed by atoms with Crippen LogP contribution in [0.2, 0.25) is 0 Å². The summed E-state index contributed by atoms with van der Waals surface area (Å²) in [7, 11) is 1.55. The summed E-state index contributed by atoms with van der Waals surface area (Å²) in [5.41, 5.74) is 1.27. The van der Waals surface area contributed by atoms with E-state index in [2.05, 4.69) is 44.7 Å². The number of nitrogens with one attached hydrogen (secondary N) is 2. The highest BCUT2D eigenvalue weighted by Crippen LogP contribution is 2.15. The van der Waals surface area contributed by atoms with Crippen molar-refractivity contribution < 1.29 is 14.3 Å². The molecule has 0 unspecified atom stereocenters. The maximum absolute atomic E-state index is 11.6. The Morgan fingerprint density at radius 3 is 2.28 bits per heavy atom. The Kier molecular flexibility index (Phi) is 8.21. The van der Waals surface area contributed by atoms with E-state index in [0.717, 1.165) is 39.1 Å². The fraction of sp³-hybridized carbons (Fsp3) is 0.556. The molecular weight excluding hydrogens is 320 g/mol. The van der Waals surface area contributed by atoms with Crippen molar-refractivity contribution in [1.82, 2.24) is 15.5 Å². The molecule has 1 aliphatic heterocycles. The number of methoxy groups -OCH3 is 1. The van der Waals surface area contributed by atoms with Gasteiger partial charge in [-0.3, -0.25) is 14.5 Å². The average Bonchev–Trinajstić information content (AvgIpc) is 2.66. The smallest absolute Gasteiger partial charge is 0.309 e. The molecule has 2 N–H and O–H groups in total. The third-order valence-electron chi connectivity index (χ3n) is 4.23. The lowest BCUT2D eigenvalue weighted by Gasteiger charge is -2.36. The van der Waals surface area contributed by atoms with Gasteiger partial charge in [-0.25, -0.2) is 0 Å². The number of amides is 2. The third-order valence-corrected chi connectivity index (χ3v) is 4.23. The van der Waals surface area contributed by atoms with Gasteiger partial charge in [0.05, 0.1) is 6.61 Å². The molecule has 1 aromatic rings. The summed E-state index contributed by atoms with van der Waals surface area (Å²) >= 11 is 0.